The third-order valence-corrected chi connectivity index (χ3v) is 5.48. The SMILES string of the molecule is CCOc1ccccc1N1CC[NH+](CC(=O)NC[C@H]2COc3ccccc3O2)CC1. The van der Waals surface area contributed by atoms with E-state index < -0.39 is 0 Å². The summed E-state index contributed by atoms with van der Waals surface area (Å²) in [5.41, 5.74) is 1.14. The van der Waals surface area contributed by atoms with Crippen LogP contribution in [-0.2, 0) is 4.79 Å². The molecule has 2 aromatic carbocycles. The standard InChI is InChI=1S/C23H29N3O4/c1-2-28-20-8-4-3-7-19(20)26-13-11-25(12-14-26)16-23(27)24-15-18-17-29-21-9-5-6-10-22(21)30-18/h3-10,18H,2,11-17H2,1H3,(H,24,27)/p+1/t18-/m0/s1. The second kappa shape index (κ2) is 9.71. The molecule has 7 nitrogen and oxygen atoms in total. The number of carbonyl (C=O) groups is 1. The van der Waals surface area contributed by atoms with Crippen LogP contribution in [0, 0.1) is 0 Å². The summed E-state index contributed by atoms with van der Waals surface area (Å²) in [4.78, 5) is 16.1. The third-order valence-electron chi connectivity index (χ3n) is 5.48. The van der Waals surface area contributed by atoms with Crippen LogP contribution in [0.4, 0.5) is 5.69 Å². The number of benzene rings is 2. The molecule has 1 fully saturated rings. The highest BCUT2D eigenvalue weighted by Crippen LogP contribution is 2.30. The van der Waals surface area contributed by atoms with Crippen LogP contribution in [0.15, 0.2) is 48.5 Å². The first-order valence-corrected chi connectivity index (χ1v) is 10.7. The molecule has 160 valence electrons. The largest absolute Gasteiger partial charge is 0.492 e. The summed E-state index contributed by atoms with van der Waals surface area (Å²) in [6, 6.07) is 15.8. The first-order valence-electron chi connectivity index (χ1n) is 10.7. The molecule has 1 atom stereocenters. The molecule has 0 spiro atoms. The molecule has 0 unspecified atom stereocenters. The maximum Gasteiger partial charge on any atom is 0.275 e. The van der Waals surface area contributed by atoms with E-state index in [0.29, 0.717) is 26.3 Å². The number of amides is 1. The highest BCUT2D eigenvalue weighted by molar-refractivity contribution is 5.76. The smallest absolute Gasteiger partial charge is 0.275 e. The summed E-state index contributed by atoms with van der Waals surface area (Å²) in [6.45, 7) is 7.69. The minimum absolute atomic E-state index is 0.0515. The number of hydrogen-bond acceptors (Lipinski definition) is 5. The Labute approximate surface area is 177 Å². The van der Waals surface area contributed by atoms with Gasteiger partial charge in [-0.2, -0.15) is 0 Å². The predicted octanol–water partition coefficient (Wildman–Crippen LogP) is 0.746. The Hall–Kier alpha value is -2.93. The highest BCUT2D eigenvalue weighted by Gasteiger charge is 2.25. The fourth-order valence-electron chi connectivity index (χ4n) is 3.92. The molecule has 2 N–H and O–H groups in total. The molecule has 2 aliphatic rings. The van der Waals surface area contributed by atoms with Crippen molar-refractivity contribution in [3.05, 3.63) is 48.5 Å². The van der Waals surface area contributed by atoms with Gasteiger partial charge in [0.15, 0.2) is 18.0 Å². The fourth-order valence-corrected chi connectivity index (χ4v) is 3.92. The Morgan fingerprint density at radius 1 is 1.13 bits per heavy atom. The quantitative estimate of drug-likeness (QED) is 0.703. The molecule has 30 heavy (non-hydrogen) atoms. The van der Waals surface area contributed by atoms with Crippen LogP contribution in [0.2, 0.25) is 0 Å². The lowest BCUT2D eigenvalue weighted by Crippen LogP contribution is -3.16. The average molecular weight is 413 g/mol. The van der Waals surface area contributed by atoms with Crippen LogP contribution < -0.4 is 29.3 Å². The maximum absolute atomic E-state index is 12.4. The van der Waals surface area contributed by atoms with Gasteiger partial charge in [-0.05, 0) is 31.2 Å². The molecule has 2 heterocycles. The van der Waals surface area contributed by atoms with Gasteiger partial charge in [0.05, 0.1) is 45.0 Å². The van der Waals surface area contributed by atoms with Gasteiger partial charge in [0.25, 0.3) is 5.91 Å². The molecule has 1 saturated heterocycles. The molecular weight excluding hydrogens is 382 g/mol. The number of nitrogens with zero attached hydrogens (tertiary/aromatic N) is 1. The number of quaternary nitrogens is 1. The van der Waals surface area contributed by atoms with E-state index in [1.54, 1.807) is 0 Å². The van der Waals surface area contributed by atoms with E-state index in [0.717, 1.165) is 49.1 Å². The number of nitrogens with one attached hydrogen (secondary N) is 2. The normalized spacial score (nSPS) is 18.7. The summed E-state index contributed by atoms with van der Waals surface area (Å²) < 4.78 is 17.4. The first-order chi connectivity index (χ1) is 14.7. The topological polar surface area (TPSA) is 64.5 Å². The van der Waals surface area contributed by atoms with Crippen molar-refractivity contribution in [3.63, 3.8) is 0 Å². The zero-order valence-electron chi connectivity index (χ0n) is 17.4. The van der Waals surface area contributed by atoms with Crippen LogP contribution in [0.25, 0.3) is 0 Å². The Morgan fingerprint density at radius 2 is 1.87 bits per heavy atom. The first kappa shape index (κ1) is 20.3. The van der Waals surface area contributed by atoms with Crippen molar-refractivity contribution >= 4 is 11.6 Å². The molecular formula is C23H30N3O4+. The van der Waals surface area contributed by atoms with E-state index in [1.807, 2.05) is 49.4 Å². The predicted molar refractivity (Wildman–Crippen MR) is 115 cm³/mol. The van der Waals surface area contributed by atoms with Crippen LogP contribution in [0.3, 0.4) is 0 Å². The van der Waals surface area contributed by atoms with E-state index in [1.165, 1.54) is 4.90 Å². The lowest BCUT2D eigenvalue weighted by molar-refractivity contribution is -0.892. The van der Waals surface area contributed by atoms with E-state index in [4.69, 9.17) is 14.2 Å². The molecule has 0 radical (unpaired) electrons. The summed E-state index contributed by atoms with van der Waals surface area (Å²) in [5, 5.41) is 3.00. The van der Waals surface area contributed by atoms with Gasteiger partial charge in [-0.3, -0.25) is 4.79 Å². The fraction of sp³-hybridized carbons (Fsp3) is 0.435. The molecule has 0 bridgehead atoms. The van der Waals surface area contributed by atoms with Crippen molar-refractivity contribution in [2.24, 2.45) is 0 Å². The number of fused-ring (bicyclic) bond motifs is 1. The molecule has 7 heteroatoms. The van der Waals surface area contributed by atoms with Gasteiger partial charge in [-0.15, -0.1) is 0 Å². The molecule has 0 saturated carbocycles. The minimum Gasteiger partial charge on any atom is -0.492 e. The molecule has 2 aliphatic heterocycles. The molecule has 4 rings (SSSR count). The summed E-state index contributed by atoms with van der Waals surface area (Å²) >= 11 is 0. The summed E-state index contributed by atoms with van der Waals surface area (Å²) in [6.07, 6.45) is -0.161. The second-order valence-corrected chi connectivity index (χ2v) is 7.62. The van der Waals surface area contributed by atoms with Gasteiger partial charge in [-0.1, -0.05) is 24.3 Å². The number of anilines is 1. The van der Waals surface area contributed by atoms with Crippen molar-refractivity contribution < 1.29 is 23.9 Å². The number of carbonyl (C=O) groups excluding carboxylic acids is 1. The zero-order chi connectivity index (χ0) is 20.8. The van der Waals surface area contributed by atoms with Crippen molar-refractivity contribution in [1.29, 1.82) is 0 Å². The Bertz CT molecular complexity index is 852. The van der Waals surface area contributed by atoms with Crippen LogP contribution in [0.5, 0.6) is 17.2 Å². The number of rotatable bonds is 7. The van der Waals surface area contributed by atoms with Crippen LogP contribution in [0.1, 0.15) is 6.92 Å². The minimum atomic E-state index is -0.161. The summed E-state index contributed by atoms with van der Waals surface area (Å²) in [7, 11) is 0. The average Bonchev–Trinajstić information content (AvgIpc) is 2.79. The van der Waals surface area contributed by atoms with E-state index in [2.05, 4.69) is 16.3 Å². The van der Waals surface area contributed by atoms with E-state index in [-0.39, 0.29) is 12.0 Å². The van der Waals surface area contributed by atoms with Gasteiger partial charge < -0.3 is 29.3 Å². The number of para-hydroxylation sites is 4. The van der Waals surface area contributed by atoms with Gasteiger partial charge in [-0.25, -0.2) is 0 Å². The second-order valence-electron chi connectivity index (χ2n) is 7.62. The van der Waals surface area contributed by atoms with Crippen LogP contribution >= 0.6 is 0 Å². The monoisotopic (exact) mass is 412 g/mol. The molecule has 0 aliphatic carbocycles. The van der Waals surface area contributed by atoms with Crippen molar-refractivity contribution in [2.45, 2.75) is 13.0 Å². The highest BCUT2D eigenvalue weighted by atomic mass is 16.6. The van der Waals surface area contributed by atoms with Gasteiger partial charge >= 0.3 is 0 Å². The van der Waals surface area contributed by atoms with Crippen molar-refractivity contribution in [1.82, 2.24) is 5.32 Å². The Morgan fingerprint density at radius 3 is 2.67 bits per heavy atom. The van der Waals surface area contributed by atoms with Crippen LogP contribution in [-0.4, -0.2) is 64.5 Å². The number of ether oxygens (including phenoxy) is 3. The lowest BCUT2D eigenvalue weighted by Gasteiger charge is -2.34. The van der Waals surface area contributed by atoms with Gasteiger partial charge in [0, 0.05) is 0 Å². The number of hydrogen-bond donors (Lipinski definition) is 2. The van der Waals surface area contributed by atoms with E-state index in [9.17, 15) is 4.79 Å². The van der Waals surface area contributed by atoms with Crippen molar-refractivity contribution in [2.75, 3.05) is 57.4 Å². The van der Waals surface area contributed by atoms with Gasteiger partial charge in [0.2, 0.25) is 0 Å². The van der Waals surface area contributed by atoms with E-state index >= 15 is 0 Å². The number of piperazine rings is 1. The van der Waals surface area contributed by atoms with Crippen molar-refractivity contribution in [3.8, 4) is 17.2 Å². The molecule has 0 aromatic heterocycles. The third kappa shape index (κ3) is 4.97. The Kier molecular flexibility index (Phi) is 6.59. The maximum atomic E-state index is 12.4. The molecule has 2 aromatic rings. The molecule has 1 amide bonds. The lowest BCUT2D eigenvalue weighted by atomic mass is 10.2. The zero-order valence-corrected chi connectivity index (χ0v) is 17.4. The Balaban J connectivity index is 1.21. The summed E-state index contributed by atoms with van der Waals surface area (Å²) in [5.74, 6) is 2.47. The van der Waals surface area contributed by atoms with Gasteiger partial charge in [0.1, 0.15) is 18.5 Å².